The minimum Gasteiger partial charge on any atom is -0.464 e. The van der Waals surface area contributed by atoms with E-state index in [1.165, 1.54) is 13.2 Å². The summed E-state index contributed by atoms with van der Waals surface area (Å²) >= 11 is 0. The molecule has 6 nitrogen and oxygen atoms in total. The smallest absolute Gasteiger partial charge is 0.356 e. The van der Waals surface area contributed by atoms with Crippen molar-refractivity contribution in [3.63, 3.8) is 0 Å². The van der Waals surface area contributed by atoms with Crippen LogP contribution in [0, 0.1) is 0 Å². The number of carbonyl (C=O) groups is 3. The molecule has 1 aromatic carbocycles. The number of nitrogens with zero attached hydrogens (tertiary/aromatic N) is 2. The van der Waals surface area contributed by atoms with Crippen molar-refractivity contribution < 1.29 is 19.1 Å². The Morgan fingerprint density at radius 1 is 1.00 bits per heavy atom. The van der Waals surface area contributed by atoms with Crippen LogP contribution >= 0.6 is 0 Å². The number of esters is 1. The van der Waals surface area contributed by atoms with Crippen molar-refractivity contribution in [2.75, 3.05) is 7.11 Å². The second kappa shape index (κ2) is 7.50. The number of pyridine rings is 1. The Labute approximate surface area is 140 Å². The van der Waals surface area contributed by atoms with Crippen LogP contribution < -0.4 is 0 Å². The fraction of sp³-hybridized carbons (Fsp3) is 0.222. The molecule has 24 heavy (non-hydrogen) atoms. The zero-order valence-electron chi connectivity index (χ0n) is 13.8. The van der Waals surface area contributed by atoms with Crippen molar-refractivity contribution in [1.29, 1.82) is 0 Å². The summed E-state index contributed by atoms with van der Waals surface area (Å²) in [6, 6.07) is 11.5. The average Bonchev–Trinajstić information content (AvgIpc) is 2.88. The van der Waals surface area contributed by atoms with Crippen LogP contribution in [0.15, 0.2) is 42.5 Å². The molecule has 0 saturated carbocycles. The van der Waals surface area contributed by atoms with E-state index in [1.807, 2.05) is 13.8 Å². The molecule has 0 fully saturated rings. The highest BCUT2D eigenvalue weighted by Crippen LogP contribution is 2.23. The van der Waals surface area contributed by atoms with E-state index in [1.54, 1.807) is 36.4 Å². The summed E-state index contributed by atoms with van der Waals surface area (Å²) in [5.74, 6) is -1.28. The number of methoxy groups -OCH3 is 1. The zero-order valence-corrected chi connectivity index (χ0v) is 13.8. The number of rotatable bonds is 3. The monoisotopic (exact) mass is 326 g/mol. The van der Waals surface area contributed by atoms with Gasteiger partial charge in [0.05, 0.1) is 30.5 Å². The maximum absolute atomic E-state index is 12.3. The highest BCUT2D eigenvalue weighted by atomic mass is 16.5. The van der Waals surface area contributed by atoms with Gasteiger partial charge in [0, 0.05) is 0 Å². The molecule has 2 heterocycles. The maximum Gasteiger partial charge on any atom is 0.356 e. The third-order valence-electron chi connectivity index (χ3n) is 3.40. The van der Waals surface area contributed by atoms with Crippen LogP contribution in [0.4, 0.5) is 0 Å². The maximum atomic E-state index is 12.3. The highest BCUT2D eigenvalue weighted by molar-refractivity contribution is 6.21. The number of amides is 2. The van der Waals surface area contributed by atoms with Crippen LogP contribution in [0.1, 0.15) is 50.7 Å². The normalized spacial score (nSPS) is 12.4. The lowest BCUT2D eigenvalue weighted by Gasteiger charge is -2.13. The van der Waals surface area contributed by atoms with Crippen LogP contribution in [-0.4, -0.2) is 34.8 Å². The Bertz CT molecular complexity index is 751. The molecule has 0 unspecified atom stereocenters. The van der Waals surface area contributed by atoms with Crippen LogP contribution in [0.2, 0.25) is 0 Å². The molecule has 1 aliphatic rings. The first-order chi connectivity index (χ1) is 11.6. The standard InChI is InChI=1S/C16H12N2O4.C2H6/c1-22-16(21)13-8-4-5-10(17-13)9-18-14(19)11-6-2-3-7-12(11)15(18)20;1-2/h2-8H,9H2,1H3;1-2H3. The summed E-state index contributed by atoms with van der Waals surface area (Å²) < 4.78 is 4.61. The molecule has 124 valence electrons. The van der Waals surface area contributed by atoms with Crippen LogP contribution in [0.5, 0.6) is 0 Å². The summed E-state index contributed by atoms with van der Waals surface area (Å²) in [7, 11) is 1.26. The highest BCUT2D eigenvalue weighted by Gasteiger charge is 2.35. The number of benzene rings is 1. The Morgan fingerprint density at radius 3 is 2.12 bits per heavy atom. The Kier molecular flexibility index (Phi) is 5.42. The SMILES string of the molecule is CC.COC(=O)c1cccc(CN2C(=O)c3ccccc3C2=O)n1. The van der Waals surface area contributed by atoms with Gasteiger partial charge in [-0.3, -0.25) is 14.5 Å². The Hall–Kier alpha value is -3.02. The van der Waals surface area contributed by atoms with E-state index >= 15 is 0 Å². The van der Waals surface area contributed by atoms with Crippen molar-refractivity contribution in [3.05, 3.63) is 65.0 Å². The fourth-order valence-electron chi connectivity index (χ4n) is 2.33. The molecule has 1 aromatic heterocycles. The molecule has 1 aliphatic heterocycles. The quantitative estimate of drug-likeness (QED) is 0.640. The van der Waals surface area contributed by atoms with Crippen molar-refractivity contribution >= 4 is 17.8 Å². The van der Waals surface area contributed by atoms with E-state index in [9.17, 15) is 14.4 Å². The van der Waals surface area contributed by atoms with Crippen LogP contribution in [0.3, 0.4) is 0 Å². The van der Waals surface area contributed by atoms with E-state index in [0.29, 0.717) is 16.8 Å². The molecular weight excluding hydrogens is 308 g/mol. The van der Waals surface area contributed by atoms with E-state index in [4.69, 9.17) is 0 Å². The number of hydrogen-bond donors (Lipinski definition) is 0. The van der Waals surface area contributed by atoms with Gasteiger partial charge in [0.1, 0.15) is 5.69 Å². The van der Waals surface area contributed by atoms with Gasteiger partial charge in [-0.05, 0) is 24.3 Å². The van der Waals surface area contributed by atoms with Gasteiger partial charge in [-0.2, -0.15) is 0 Å². The minimum atomic E-state index is -0.566. The number of fused-ring (bicyclic) bond motifs is 1. The summed E-state index contributed by atoms with van der Waals surface area (Å²) in [5, 5.41) is 0. The number of hydrogen-bond acceptors (Lipinski definition) is 5. The molecule has 0 saturated heterocycles. The number of imide groups is 1. The summed E-state index contributed by atoms with van der Waals surface area (Å²) in [4.78, 5) is 41.3. The van der Waals surface area contributed by atoms with E-state index < -0.39 is 5.97 Å². The van der Waals surface area contributed by atoms with Crippen molar-refractivity contribution in [3.8, 4) is 0 Å². The molecule has 6 heteroatoms. The van der Waals surface area contributed by atoms with Crippen molar-refractivity contribution in [2.24, 2.45) is 0 Å². The van der Waals surface area contributed by atoms with E-state index in [2.05, 4.69) is 9.72 Å². The van der Waals surface area contributed by atoms with Crippen molar-refractivity contribution in [2.45, 2.75) is 20.4 Å². The van der Waals surface area contributed by atoms with Gasteiger partial charge < -0.3 is 4.74 Å². The molecule has 0 radical (unpaired) electrons. The van der Waals surface area contributed by atoms with Gasteiger partial charge in [-0.25, -0.2) is 9.78 Å². The van der Waals surface area contributed by atoms with Gasteiger partial charge in [-0.1, -0.05) is 32.0 Å². The topological polar surface area (TPSA) is 76.6 Å². The molecule has 0 aliphatic carbocycles. The summed E-state index contributed by atoms with van der Waals surface area (Å²) in [6.07, 6.45) is 0. The number of ether oxygens (including phenoxy) is 1. The largest absolute Gasteiger partial charge is 0.464 e. The predicted molar refractivity (Wildman–Crippen MR) is 87.6 cm³/mol. The molecule has 0 atom stereocenters. The summed E-state index contributed by atoms with van der Waals surface area (Å²) in [6.45, 7) is 4.01. The van der Waals surface area contributed by atoms with E-state index in [0.717, 1.165) is 4.90 Å². The Balaban J connectivity index is 0.00000100. The summed E-state index contributed by atoms with van der Waals surface area (Å²) in [5.41, 5.74) is 1.35. The predicted octanol–water partition coefficient (Wildman–Crippen LogP) is 2.69. The van der Waals surface area contributed by atoms with Gasteiger partial charge in [-0.15, -0.1) is 0 Å². The zero-order chi connectivity index (χ0) is 17.7. The molecule has 0 spiro atoms. The average molecular weight is 326 g/mol. The van der Waals surface area contributed by atoms with Crippen LogP contribution in [0.25, 0.3) is 0 Å². The lowest BCUT2D eigenvalue weighted by Crippen LogP contribution is -2.29. The van der Waals surface area contributed by atoms with Crippen molar-refractivity contribution in [1.82, 2.24) is 9.88 Å². The van der Waals surface area contributed by atoms with Gasteiger partial charge in [0.15, 0.2) is 0 Å². The van der Waals surface area contributed by atoms with Gasteiger partial charge in [0.2, 0.25) is 0 Å². The lowest BCUT2D eigenvalue weighted by molar-refractivity contribution is 0.0593. The molecule has 3 rings (SSSR count). The first-order valence-electron chi connectivity index (χ1n) is 7.61. The van der Waals surface area contributed by atoms with Crippen LogP contribution in [-0.2, 0) is 11.3 Å². The minimum absolute atomic E-state index is 0.0111. The number of carbonyl (C=O) groups excluding carboxylic acids is 3. The molecule has 2 aromatic rings. The third kappa shape index (κ3) is 3.17. The first-order valence-corrected chi connectivity index (χ1v) is 7.61. The van der Waals surface area contributed by atoms with E-state index in [-0.39, 0.29) is 24.1 Å². The third-order valence-corrected chi connectivity index (χ3v) is 3.40. The number of aromatic nitrogens is 1. The van der Waals surface area contributed by atoms with Gasteiger partial charge in [0.25, 0.3) is 11.8 Å². The fourth-order valence-corrected chi connectivity index (χ4v) is 2.33. The first kappa shape index (κ1) is 17.3. The molecule has 2 amide bonds. The van der Waals surface area contributed by atoms with Gasteiger partial charge >= 0.3 is 5.97 Å². The second-order valence-electron chi connectivity index (χ2n) is 4.75. The lowest BCUT2D eigenvalue weighted by atomic mass is 10.1. The molecule has 0 bridgehead atoms. The second-order valence-corrected chi connectivity index (χ2v) is 4.75. The molecule has 0 N–H and O–H groups in total. The molecular formula is C18H18N2O4. The Morgan fingerprint density at radius 2 is 1.58 bits per heavy atom.